The Bertz CT molecular complexity index is 530. The molecule has 0 aromatic rings. The van der Waals surface area contributed by atoms with Gasteiger partial charge in [-0.05, 0) is 52.6 Å². The van der Waals surface area contributed by atoms with Crippen molar-refractivity contribution >= 4 is 39.7 Å². The topological polar surface area (TPSA) is 54.0 Å². The first kappa shape index (κ1) is 27.2. The molecule has 28 heavy (non-hydrogen) atoms. The summed E-state index contributed by atoms with van der Waals surface area (Å²) in [6.45, 7) is 26.3. The van der Waals surface area contributed by atoms with Gasteiger partial charge in [-0.2, -0.15) is 0 Å². The Labute approximate surface area is 175 Å². The molecule has 0 aromatic heterocycles. The molecule has 0 aromatic carbocycles. The summed E-state index contributed by atoms with van der Waals surface area (Å²) in [7, 11) is -9.69. The minimum absolute atomic E-state index is 0.288. The lowest BCUT2D eigenvalue weighted by Gasteiger charge is -2.43. The first-order valence-electron chi connectivity index (χ1n) is 9.57. The number of hydrogen-bond acceptors (Lipinski definition) is 5. The first-order chi connectivity index (χ1) is 12.8. The highest BCUT2D eigenvalue weighted by Gasteiger charge is 2.50. The smallest absolute Gasteiger partial charge is 0.463 e. The third-order valence-corrected chi connectivity index (χ3v) is 17.9. The van der Waals surface area contributed by atoms with Crippen LogP contribution in [0.5, 0.6) is 0 Å². The van der Waals surface area contributed by atoms with Crippen LogP contribution in [0.1, 0.15) is 13.3 Å². The molecule has 0 rings (SSSR count). The summed E-state index contributed by atoms with van der Waals surface area (Å²) in [5.74, 6) is -0.347. The van der Waals surface area contributed by atoms with E-state index in [-0.39, 0.29) is 12.6 Å². The molecule has 0 saturated heterocycles. The predicted octanol–water partition coefficient (Wildman–Crippen LogP) is 5.28. The van der Waals surface area contributed by atoms with Crippen molar-refractivity contribution in [2.24, 2.45) is 0 Å². The highest BCUT2D eigenvalue weighted by Crippen LogP contribution is 2.30. The van der Waals surface area contributed by atoms with Crippen LogP contribution < -0.4 is 0 Å². The van der Waals surface area contributed by atoms with Crippen LogP contribution in [0.2, 0.25) is 45.3 Å². The second-order valence-corrected chi connectivity index (χ2v) is 23.3. The standard InChI is InChI=1S/C19H38O5Si4/c1-11-16-19(20)21-17-15-18-28(22-25(5,6)12-2,23-26(7,8)13-3)24-27(9,10)14-4/h11-14,16H,2-4,15,17-18H2,1,5-10H3. The van der Waals surface area contributed by atoms with E-state index in [0.29, 0.717) is 12.5 Å². The molecule has 160 valence electrons. The summed E-state index contributed by atoms with van der Waals surface area (Å²) < 4.78 is 25.2. The summed E-state index contributed by atoms with van der Waals surface area (Å²) >= 11 is 0. The Morgan fingerprint density at radius 2 is 1.21 bits per heavy atom. The first-order valence-corrected chi connectivity index (χ1v) is 20.5. The quantitative estimate of drug-likeness (QED) is 0.153. The van der Waals surface area contributed by atoms with E-state index in [0.717, 1.165) is 0 Å². The fraction of sp³-hybridized carbons (Fsp3) is 0.526. The molecule has 0 aliphatic rings. The van der Waals surface area contributed by atoms with Gasteiger partial charge < -0.3 is 17.1 Å². The summed E-state index contributed by atoms with van der Waals surface area (Å²) in [5, 5.41) is 0. The highest BCUT2D eigenvalue weighted by atomic mass is 28.5. The maximum atomic E-state index is 11.6. The molecule has 0 atom stereocenters. The number of carbonyl (C=O) groups is 1. The number of esters is 1. The Balaban J connectivity index is 5.73. The van der Waals surface area contributed by atoms with E-state index in [9.17, 15) is 4.79 Å². The van der Waals surface area contributed by atoms with Crippen LogP contribution >= 0.6 is 0 Å². The zero-order valence-corrected chi connectivity index (χ0v) is 22.7. The van der Waals surface area contributed by atoms with Gasteiger partial charge in [0.2, 0.25) is 25.0 Å². The van der Waals surface area contributed by atoms with Crippen LogP contribution in [-0.2, 0) is 21.9 Å². The van der Waals surface area contributed by atoms with Crippen molar-refractivity contribution in [1.29, 1.82) is 0 Å². The molecule has 0 saturated carbocycles. The Morgan fingerprint density at radius 1 is 0.821 bits per heavy atom. The molecule has 0 spiro atoms. The number of allylic oxidation sites excluding steroid dienone is 1. The lowest BCUT2D eigenvalue weighted by Crippen LogP contribution is -2.61. The minimum Gasteiger partial charge on any atom is -0.463 e. The van der Waals surface area contributed by atoms with Crippen LogP contribution in [0, 0.1) is 0 Å². The van der Waals surface area contributed by atoms with Gasteiger partial charge in [-0.15, -0.1) is 19.7 Å². The lowest BCUT2D eigenvalue weighted by atomic mass is 10.5. The third kappa shape index (κ3) is 10.6. The van der Waals surface area contributed by atoms with E-state index in [2.05, 4.69) is 59.0 Å². The summed E-state index contributed by atoms with van der Waals surface area (Å²) in [5.41, 5.74) is 5.66. The number of ether oxygens (including phenoxy) is 1. The zero-order chi connectivity index (χ0) is 22.1. The van der Waals surface area contributed by atoms with Gasteiger partial charge in [-0.1, -0.05) is 23.2 Å². The summed E-state index contributed by atoms with van der Waals surface area (Å²) in [4.78, 5) is 11.6. The van der Waals surface area contributed by atoms with E-state index in [1.54, 1.807) is 13.0 Å². The van der Waals surface area contributed by atoms with Gasteiger partial charge in [0.1, 0.15) is 0 Å². The number of rotatable bonds is 14. The van der Waals surface area contributed by atoms with Crippen LogP contribution in [-0.4, -0.2) is 46.3 Å². The fourth-order valence-corrected chi connectivity index (χ4v) is 16.2. The van der Waals surface area contributed by atoms with Crippen molar-refractivity contribution in [3.8, 4) is 0 Å². The van der Waals surface area contributed by atoms with Crippen LogP contribution in [0.25, 0.3) is 0 Å². The molecule has 0 fully saturated rings. The Morgan fingerprint density at radius 3 is 1.54 bits per heavy atom. The monoisotopic (exact) mass is 458 g/mol. The largest absolute Gasteiger partial charge is 0.470 e. The minimum atomic E-state index is -3.09. The van der Waals surface area contributed by atoms with Crippen molar-refractivity contribution < 1.29 is 21.9 Å². The molecule has 9 heteroatoms. The van der Waals surface area contributed by atoms with Crippen molar-refractivity contribution in [1.82, 2.24) is 0 Å². The predicted molar refractivity (Wildman–Crippen MR) is 127 cm³/mol. The van der Waals surface area contributed by atoms with Gasteiger partial charge in [0.25, 0.3) is 0 Å². The summed E-state index contributed by atoms with van der Waals surface area (Å²) in [6, 6.07) is 0.564. The second kappa shape index (κ2) is 11.4. The van der Waals surface area contributed by atoms with Gasteiger partial charge in [0.05, 0.1) is 6.61 Å². The maximum absolute atomic E-state index is 11.6. The molecule has 0 aliphatic heterocycles. The molecule has 0 amide bonds. The average molecular weight is 459 g/mol. The lowest BCUT2D eigenvalue weighted by molar-refractivity contribution is -0.137. The van der Waals surface area contributed by atoms with Gasteiger partial charge in [0.15, 0.2) is 0 Å². The van der Waals surface area contributed by atoms with E-state index < -0.39 is 33.8 Å². The van der Waals surface area contributed by atoms with Crippen LogP contribution in [0.4, 0.5) is 0 Å². The third-order valence-electron chi connectivity index (χ3n) is 3.90. The molecular formula is C19H38O5Si4. The van der Waals surface area contributed by atoms with Crippen molar-refractivity contribution in [3.05, 3.63) is 49.0 Å². The molecule has 0 N–H and O–H groups in total. The SMILES string of the molecule is C=C[Si](C)(C)O[Si](CCCOC(=O)C=CC)(O[Si](C)(C)C=C)O[Si](C)(C)C=C. The molecular weight excluding hydrogens is 421 g/mol. The fourth-order valence-electron chi connectivity index (χ4n) is 2.19. The normalized spacial score (nSPS) is 13.4. The molecule has 0 radical (unpaired) electrons. The molecule has 0 heterocycles. The van der Waals surface area contributed by atoms with Crippen molar-refractivity contribution in [2.75, 3.05) is 6.61 Å². The van der Waals surface area contributed by atoms with Crippen molar-refractivity contribution in [3.63, 3.8) is 0 Å². The Hall–Kier alpha value is -0.822. The van der Waals surface area contributed by atoms with E-state index in [1.165, 1.54) is 6.08 Å². The van der Waals surface area contributed by atoms with Gasteiger partial charge in [0, 0.05) is 12.1 Å². The van der Waals surface area contributed by atoms with E-state index in [1.807, 2.05) is 17.1 Å². The van der Waals surface area contributed by atoms with E-state index >= 15 is 0 Å². The molecule has 5 nitrogen and oxygen atoms in total. The van der Waals surface area contributed by atoms with Crippen LogP contribution in [0.3, 0.4) is 0 Å². The average Bonchev–Trinajstić information content (AvgIpc) is 2.58. The Kier molecular flexibility index (Phi) is 11.1. The number of carbonyl (C=O) groups excluding carboxylic acids is 1. The van der Waals surface area contributed by atoms with E-state index in [4.69, 9.17) is 17.1 Å². The van der Waals surface area contributed by atoms with Gasteiger partial charge >= 0.3 is 14.8 Å². The van der Waals surface area contributed by atoms with Crippen molar-refractivity contribution in [2.45, 2.75) is 58.7 Å². The maximum Gasteiger partial charge on any atom is 0.470 e. The molecule has 0 unspecified atom stereocenters. The van der Waals surface area contributed by atoms with Crippen LogP contribution in [0.15, 0.2) is 49.0 Å². The molecule has 0 aliphatic carbocycles. The van der Waals surface area contributed by atoms with Gasteiger partial charge in [-0.3, -0.25) is 0 Å². The zero-order valence-electron chi connectivity index (χ0n) is 18.7. The summed E-state index contributed by atoms with van der Waals surface area (Å²) in [6.07, 6.45) is 3.66. The number of hydrogen-bond donors (Lipinski definition) is 0. The second-order valence-electron chi connectivity index (χ2n) is 8.18. The van der Waals surface area contributed by atoms with Gasteiger partial charge in [-0.25, -0.2) is 4.79 Å². The highest BCUT2D eigenvalue weighted by molar-refractivity contribution is 6.93. The molecule has 0 bridgehead atoms.